The molecule has 2 rings (SSSR count). The molecule has 2 aromatic heterocycles. The van der Waals surface area contributed by atoms with Gasteiger partial charge < -0.3 is 9.67 Å². The van der Waals surface area contributed by atoms with Gasteiger partial charge in [-0.05, 0) is 22.0 Å². The van der Waals surface area contributed by atoms with E-state index in [2.05, 4.69) is 26.1 Å². The molecule has 0 spiro atoms. The number of thiophene rings is 1. The molecule has 17 heavy (non-hydrogen) atoms. The Kier molecular flexibility index (Phi) is 3.85. The quantitative estimate of drug-likeness (QED) is 0.870. The molecule has 2 aromatic rings. The summed E-state index contributed by atoms with van der Waals surface area (Å²) in [6.45, 7) is 0. The van der Waals surface area contributed by atoms with Gasteiger partial charge in [0.05, 0.1) is 9.54 Å². The van der Waals surface area contributed by atoms with Crippen molar-refractivity contribution in [2.75, 3.05) is 5.75 Å². The predicted octanol–water partition coefficient (Wildman–Crippen LogP) is 2.48. The molecule has 0 bridgehead atoms. The molecular formula is C9H8BrN3O2S2. The van der Waals surface area contributed by atoms with Gasteiger partial charge in [0.15, 0.2) is 11.0 Å². The summed E-state index contributed by atoms with van der Waals surface area (Å²) in [6.07, 6.45) is 0. The lowest BCUT2D eigenvalue weighted by atomic mass is 10.3. The van der Waals surface area contributed by atoms with Crippen LogP contribution in [0.4, 0.5) is 0 Å². The van der Waals surface area contributed by atoms with Gasteiger partial charge in [0.1, 0.15) is 0 Å². The highest BCUT2D eigenvalue weighted by Gasteiger charge is 2.13. The first kappa shape index (κ1) is 12.6. The first-order chi connectivity index (χ1) is 8.08. The summed E-state index contributed by atoms with van der Waals surface area (Å²) in [5.74, 6) is -0.142. The summed E-state index contributed by atoms with van der Waals surface area (Å²) in [5.41, 5.74) is 0.971. The maximum atomic E-state index is 10.5. The molecule has 1 N–H and O–H groups in total. The van der Waals surface area contributed by atoms with E-state index in [1.165, 1.54) is 0 Å². The Balaban J connectivity index is 2.23. The van der Waals surface area contributed by atoms with Crippen LogP contribution in [0.3, 0.4) is 0 Å². The van der Waals surface area contributed by atoms with Gasteiger partial charge in [0.2, 0.25) is 0 Å². The van der Waals surface area contributed by atoms with Gasteiger partial charge in [-0.3, -0.25) is 4.79 Å². The van der Waals surface area contributed by atoms with E-state index < -0.39 is 5.97 Å². The topological polar surface area (TPSA) is 68.0 Å². The molecule has 2 heterocycles. The Morgan fingerprint density at radius 2 is 2.41 bits per heavy atom. The second-order valence-corrected chi connectivity index (χ2v) is 6.42. The number of halogens is 1. The van der Waals surface area contributed by atoms with Gasteiger partial charge in [-0.1, -0.05) is 11.8 Å². The molecule has 0 radical (unpaired) electrons. The normalized spacial score (nSPS) is 10.7. The monoisotopic (exact) mass is 333 g/mol. The van der Waals surface area contributed by atoms with Crippen molar-refractivity contribution in [3.05, 3.63) is 15.2 Å². The maximum Gasteiger partial charge on any atom is 0.313 e. The SMILES string of the molecule is Cn1c(SCC(=O)O)nnc1-c1csc(Br)c1. The number of carboxylic acids is 1. The van der Waals surface area contributed by atoms with Crippen LogP contribution in [-0.4, -0.2) is 31.6 Å². The van der Waals surface area contributed by atoms with Crippen LogP contribution in [-0.2, 0) is 11.8 Å². The Morgan fingerprint density at radius 1 is 1.65 bits per heavy atom. The molecule has 0 unspecified atom stereocenters. The second kappa shape index (κ2) is 5.19. The number of carbonyl (C=O) groups is 1. The summed E-state index contributed by atoms with van der Waals surface area (Å²) in [5, 5.41) is 19.2. The summed E-state index contributed by atoms with van der Waals surface area (Å²) in [7, 11) is 1.82. The fourth-order valence-electron chi connectivity index (χ4n) is 1.25. The van der Waals surface area contributed by atoms with E-state index in [0.29, 0.717) is 5.16 Å². The fourth-order valence-corrected chi connectivity index (χ4v) is 3.01. The van der Waals surface area contributed by atoms with E-state index in [0.717, 1.165) is 26.9 Å². The smallest absolute Gasteiger partial charge is 0.313 e. The predicted molar refractivity (Wildman–Crippen MR) is 70.4 cm³/mol. The molecule has 0 amide bonds. The zero-order valence-corrected chi connectivity index (χ0v) is 12.0. The first-order valence-electron chi connectivity index (χ1n) is 4.56. The van der Waals surface area contributed by atoms with Crippen molar-refractivity contribution in [1.29, 1.82) is 0 Å². The third kappa shape index (κ3) is 2.88. The Labute approximate surface area is 114 Å². The number of rotatable bonds is 4. The summed E-state index contributed by atoms with van der Waals surface area (Å²) >= 11 is 6.12. The molecule has 0 aliphatic carbocycles. The average molecular weight is 334 g/mol. The maximum absolute atomic E-state index is 10.5. The third-order valence-corrected chi connectivity index (χ3v) is 4.49. The zero-order valence-electron chi connectivity index (χ0n) is 8.75. The van der Waals surface area contributed by atoms with Gasteiger partial charge >= 0.3 is 5.97 Å². The number of aromatic nitrogens is 3. The van der Waals surface area contributed by atoms with Gasteiger partial charge in [-0.2, -0.15) is 0 Å². The fraction of sp³-hybridized carbons (Fsp3) is 0.222. The van der Waals surface area contributed by atoms with E-state index in [-0.39, 0.29) is 5.75 Å². The van der Waals surface area contributed by atoms with Crippen LogP contribution >= 0.6 is 39.0 Å². The summed E-state index contributed by atoms with van der Waals surface area (Å²) < 4.78 is 2.82. The van der Waals surface area contributed by atoms with E-state index in [4.69, 9.17) is 5.11 Å². The molecule has 5 nitrogen and oxygen atoms in total. The zero-order chi connectivity index (χ0) is 12.4. The third-order valence-electron chi connectivity index (χ3n) is 1.99. The molecule has 8 heteroatoms. The molecule has 90 valence electrons. The number of carboxylic acid groups (broad SMARTS) is 1. The minimum atomic E-state index is -0.863. The van der Waals surface area contributed by atoms with Crippen molar-refractivity contribution in [2.45, 2.75) is 5.16 Å². The lowest BCUT2D eigenvalue weighted by Crippen LogP contribution is -2.00. The standard InChI is InChI=1S/C9H8BrN3O2S2/c1-13-8(5-2-6(10)16-3-5)11-12-9(13)17-4-7(14)15/h2-3H,4H2,1H3,(H,14,15). The Hall–Kier alpha value is -0.860. The van der Waals surface area contributed by atoms with E-state index >= 15 is 0 Å². The average Bonchev–Trinajstić information content (AvgIpc) is 2.82. The lowest BCUT2D eigenvalue weighted by Gasteiger charge is -2.00. The van der Waals surface area contributed by atoms with Crippen LogP contribution < -0.4 is 0 Å². The molecule has 0 aliphatic rings. The van der Waals surface area contributed by atoms with Crippen molar-refractivity contribution in [3.8, 4) is 11.4 Å². The van der Waals surface area contributed by atoms with Gasteiger partial charge in [-0.25, -0.2) is 0 Å². The van der Waals surface area contributed by atoms with Crippen molar-refractivity contribution in [2.24, 2.45) is 7.05 Å². The first-order valence-corrected chi connectivity index (χ1v) is 7.22. The van der Waals surface area contributed by atoms with Gasteiger partial charge in [0.25, 0.3) is 0 Å². The molecule has 0 saturated carbocycles. The molecule has 0 fully saturated rings. The van der Waals surface area contributed by atoms with Crippen LogP contribution in [0.25, 0.3) is 11.4 Å². The van der Waals surface area contributed by atoms with E-state index in [1.54, 1.807) is 15.9 Å². The number of nitrogens with zero attached hydrogens (tertiary/aromatic N) is 3. The Bertz CT molecular complexity index is 552. The van der Waals surface area contributed by atoms with Crippen molar-refractivity contribution < 1.29 is 9.90 Å². The van der Waals surface area contributed by atoms with Crippen LogP contribution in [0.15, 0.2) is 20.4 Å². The summed E-state index contributed by atoms with van der Waals surface area (Å²) in [4.78, 5) is 10.5. The molecule has 0 atom stereocenters. The highest BCUT2D eigenvalue weighted by atomic mass is 79.9. The van der Waals surface area contributed by atoms with Crippen LogP contribution in [0.1, 0.15) is 0 Å². The molecule has 0 aliphatic heterocycles. The van der Waals surface area contributed by atoms with Crippen LogP contribution in [0.2, 0.25) is 0 Å². The largest absolute Gasteiger partial charge is 0.481 e. The van der Waals surface area contributed by atoms with Crippen LogP contribution in [0.5, 0.6) is 0 Å². The lowest BCUT2D eigenvalue weighted by molar-refractivity contribution is -0.133. The molecular weight excluding hydrogens is 326 g/mol. The van der Waals surface area contributed by atoms with Crippen molar-refractivity contribution in [3.63, 3.8) is 0 Å². The minimum absolute atomic E-state index is 0.0146. The van der Waals surface area contributed by atoms with E-state index in [9.17, 15) is 4.79 Å². The molecule has 0 aromatic carbocycles. The van der Waals surface area contributed by atoms with Crippen molar-refractivity contribution >= 4 is 45.0 Å². The number of hydrogen-bond donors (Lipinski definition) is 1. The van der Waals surface area contributed by atoms with E-state index in [1.807, 2.05) is 18.5 Å². The number of thioether (sulfide) groups is 1. The van der Waals surface area contributed by atoms with Crippen molar-refractivity contribution in [1.82, 2.24) is 14.8 Å². The number of aliphatic carboxylic acids is 1. The van der Waals surface area contributed by atoms with Gasteiger partial charge in [0, 0.05) is 18.0 Å². The highest BCUT2D eigenvalue weighted by molar-refractivity contribution is 9.11. The Morgan fingerprint density at radius 3 is 3.00 bits per heavy atom. The second-order valence-electron chi connectivity index (χ2n) is 3.19. The minimum Gasteiger partial charge on any atom is -0.481 e. The van der Waals surface area contributed by atoms with Gasteiger partial charge in [-0.15, -0.1) is 21.5 Å². The number of hydrogen-bond acceptors (Lipinski definition) is 5. The van der Waals surface area contributed by atoms with Crippen LogP contribution in [0, 0.1) is 0 Å². The molecule has 0 saturated heterocycles. The highest BCUT2D eigenvalue weighted by Crippen LogP contribution is 2.29. The summed E-state index contributed by atoms with van der Waals surface area (Å²) in [6, 6.07) is 1.96.